The number of carbonyl (C=O) groups is 2. The van der Waals surface area contributed by atoms with Crippen LogP contribution in [-0.4, -0.2) is 59.4 Å². The number of hydrogen-bond acceptors (Lipinski definition) is 6. The molecule has 2 saturated heterocycles. The Morgan fingerprint density at radius 1 is 0.692 bits per heavy atom. The minimum absolute atomic E-state index is 0.284. The van der Waals surface area contributed by atoms with Crippen molar-refractivity contribution in [1.82, 2.24) is 0 Å². The van der Waals surface area contributed by atoms with Gasteiger partial charge >= 0.3 is 0 Å². The smallest absolute Gasteiger partial charge is 0.233 e. The van der Waals surface area contributed by atoms with Crippen molar-refractivity contribution in [2.75, 3.05) is 13.2 Å². The zero-order valence-electron chi connectivity index (χ0n) is 14.0. The molecular weight excluding hydrogens is 336 g/mol. The second kappa shape index (κ2) is 8.33. The third kappa shape index (κ3) is 4.05. The maximum absolute atomic E-state index is 11.8. The highest BCUT2D eigenvalue weighted by Crippen LogP contribution is 2.26. The molecule has 0 unspecified atom stereocenters. The Morgan fingerprint density at radius 2 is 1.04 bits per heavy atom. The molecule has 0 bridgehead atoms. The van der Waals surface area contributed by atoms with E-state index >= 15 is 0 Å². The van der Waals surface area contributed by atoms with Gasteiger partial charge in [-0.3, -0.25) is 9.59 Å². The Balaban J connectivity index is 0.000000167. The van der Waals surface area contributed by atoms with Gasteiger partial charge < -0.3 is 19.7 Å². The van der Waals surface area contributed by atoms with E-state index in [1.807, 2.05) is 12.1 Å². The molecule has 4 rings (SSSR count). The second-order valence-corrected chi connectivity index (χ2v) is 6.12. The Bertz CT molecular complexity index is 680. The molecule has 0 spiro atoms. The molecule has 2 aromatic carbocycles. The first-order valence-corrected chi connectivity index (χ1v) is 8.36. The van der Waals surface area contributed by atoms with Crippen molar-refractivity contribution in [1.29, 1.82) is 0 Å². The highest BCUT2D eigenvalue weighted by atomic mass is 16.6. The summed E-state index contributed by atoms with van der Waals surface area (Å²) in [6.45, 7) is 0.568. The van der Waals surface area contributed by atoms with Crippen LogP contribution in [0.3, 0.4) is 0 Å². The molecule has 0 amide bonds. The van der Waals surface area contributed by atoms with Gasteiger partial charge in [0, 0.05) is 11.1 Å². The summed E-state index contributed by atoms with van der Waals surface area (Å²) in [4.78, 5) is 23.6. The average Bonchev–Trinajstić information content (AvgIpc) is 3.25. The number of ether oxygens (including phenoxy) is 2. The van der Waals surface area contributed by atoms with E-state index in [0.29, 0.717) is 11.1 Å². The van der Waals surface area contributed by atoms with Crippen LogP contribution in [0.4, 0.5) is 0 Å². The molecule has 2 heterocycles. The Labute approximate surface area is 151 Å². The van der Waals surface area contributed by atoms with E-state index in [9.17, 15) is 9.59 Å². The first kappa shape index (κ1) is 18.4. The summed E-state index contributed by atoms with van der Waals surface area (Å²) in [5, 5.41) is 18.3. The molecule has 4 atom stereocenters. The number of ketones is 2. The average molecular weight is 356 g/mol. The third-order valence-electron chi connectivity index (χ3n) is 4.28. The van der Waals surface area contributed by atoms with Gasteiger partial charge in [0.15, 0.2) is 0 Å². The molecular formula is C20H20O6. The topological polar surface area (TPSA) is 93.1 Å². The zero-order chi connectivity index (χ0) is 18.5. The summed E-state index contributed by atoms with van der Waals surface area (Å²) in [5.74, 6) is -0.932. The fraction of sp³-hybridized carbons (Fsp3) is 0.300. The first-order chi connectivity index (χ1) is 12.6. The van der Waals surface area contributed by atoms with Gasteiger partial charge in [-0.05, 0) is 0 Å². The fourth-order valence-electron chi connectivity index (χ4n) is 2.90. The van der Waals surface area contributed by atoms with Crippen molar-refractivity contribution in [3.05, 3.63) is 71.8 Å². The van der Waals surface area contributed by atoms with Gasteiger partial charge in [0.25, 0.3) is 0 Å². The third-order valence-corrected chi connectivity index (χ3v) is 4.28. The predicted octanol–water partition coefficient (Wildman–Crippen LogP) is 1.26. The van der Waals surface area contributed by atoms with Gasteiger partial charge in [0.1, 0.15) is 24.4 Å². The standard InChI is InChI=1S/C14H10O2.C6H10O4/c15-13(11-7-3-1-4-8-11)14(16)12-9-5-2-6-10-12;7-3-1-9-6-4(8)2-10-5(3)6/h1-10H;3-8H,1-2H2/t;3-,4+,5-,6-/m.1/s1. The van der Waals surface area contributed by atoms with E-state index in [0.717, 1.165) is 0 Å². The summed E-state index contributed by atoms with van der Waals surface area (Å²) in [7, 11) is 0. The first-order valence-electron chi connectivity index (χ1n) is 8.36. The summed E-state index contributed by atoms with van der Waals surface area (Å²) in [5.41, 5.74) is 0.854. The molecule has 26 heavy (non-hydrogen) atoms. The molecule has 0 aliphatic carbocycles. The molecule has 0 saturated carbocycles. The van der Waals surface area contributed by atoms with Crippen LogP contribution in [0.25, 0.3) is 0 Å². The number of Topliss-reactive ketones (excluding diaryl/α,β-unsaturated/α-hetero) is 2. The van der Waals surface area contributed by atoms with Crippen molar-refractivity contribution in [2.24, 2.45) is 0 Å². The van der Waals surface area contributed by atoms with Crippen LogP contribution in [0.5, 0.6) is 0 Å². The monoisotopic (exact) mass is 356 g/mol. The van der Waals surface area contributed by atoms with Crippen LogP contribution in [0.1, 0.15) is 20.7 Å². The van der Waals surface area contributed by atoms with Crippen molar-refractivity contribution in [2.45, 2.75) is 24.4 Å². The molecule has 2 aliphatic rings. The van der Waals surface area contributed by atoms with Gasteiger partial charge in [-0.2, -0.15) is 0 Å². The molecule has 2 aromatic rings. The van der Waals surface area contributed by atoms with Crippen LogP contribution in [-0.2, 0) is 9.47 Å². The Kier molecular flexibility index (Phi) is 5.90. The number of benzene rings is 2. The lowest BCUT2D eigenvalue weighted by Crippen LogP contribution is -2.30. The van der Waals surface area contributed by atoms with Gasteiger partial charge in [-0.25, -0.2) is 0 Å². The number of hydrogen-bond donors (Lipinski definition) is 2. The number of aliphatic hydroxyl groups excluding tert-OH is 2. The minimum atomic E-state index is -0.554. The van der Waals surface area contributed by atoms with E-state index in [-0.39, 0.29) is 25.4 Å². The summed E-state index contributed by atoms with van der Waals surface area (Å²) < 4.78 is 10.2. The molecule has 2 aliphatic heterocycles. The van der Waals surface area contributed by atoms with Crippen molar-refractivity contribution in [3.63, 3.8) is 0 Å². The Hall–Kier alpha value is -2.38. The SMILES string of the molecule is O=C(C(=O)c1ccccc1)c1ccccc1.O[C@@H]1CO[C@H]2[C@@H]1OC[C@@H]2O. The lowest BCUT2D eigenvalue weighted by Gasteiger charge is -2.09. The largest absolute Gasteiger partial charge is 0.388 e. The number of fused-ring (bicyclic) bond motifs is 1. The molecule has 136 valence electrons. The van der Waals surface area contributed by atoms with Gasteiger partial charge in [-0.15, -0.1) is 0 Å². The van der Waals surface area contributed by atoms with Crippen LogP contribution >= 0.6 is 0 Å². The van der Waals surface area contributed by atoms with E-state index < -0.39 is 23.8 Å². The Morgan fingerprint density at radius 3 is 1.38 bits per heavy atom. The van der Waals surface area contributed by atoms with Crippen molar-refractivity contribution < 1.29 is 29.3 Å². The van der Waals surface area contributed by atoms with E-state index in [4.69, 9.17) is 19.7 Å². The maximum atomic E-state index is 11.8. The normalized spacial score (nSPS) is 26.5. The number of carbonyl (C=O) groups excluding carboxylic acids is 2. The minimum Gasteiger partial charge on any atom is -0.388 e. The number of aliphatic hydroxyl groups is 2. The second-order valence-electron chi connectivity index (χ2n) is 6.12. The summed E-state index contributed by atoms with van der Waals surface area (Å²) in [6, 6.07) is 17.2. The van der Waals surface area contributed by atoms with Crippen molar-refractivity contribution >= 4 is 11.6 Å². The molecule has 0 aromatic heterocycles. The lowest BCUT2D eigenvalue weighted by molar-refractivity contribution is 0.00205. The van der Waals surface area contributed by atoms with Crippen LogP contribution in [0, 0.1) is 0 Å². The predicted molar refractivity (Wildman–Crippen MR) is 93.0 cm³/mol. The fourth-order valence-corrected chi connectivity index (χ4v) is 2.90. The highest BCUT2D eigenvalue weighted by Gasteiger charge is 2.46. The van der Waals surface area contributed by atoms with Gasteiger partial charge in [0.05, 0.1) is 13.2 Å². The van der Waals surface area contributed by atoms with Crippen LogP contribution < -0.4 is 0 Å². The van der Waals surface area contributed by atoms with Gasteiger partial charge in [0.2, 0.25) is 11.6 Å². The molecule has 2 N–H and O–H groups in total. The summed E-state index contributed by atoms with van der Waals surface area (Å²) in [6.07, 6.45) is -1.70. The van der Waals surface area contributed by atoms with Crippen LogP contribution in [0.15, 0.2) is 60.7 Å². The van der Waals surface area contributed by atoms with Gasteiger partial charge in [-0.1, -0.05) is 60.7 Å². The zero-order valence-corrected chi connectivity index (χ0v) is 14.0. The molecule has 6 heteroatoms. The number of rotatable bonds is 3. The van der Waals surface area contributed by atoms with E-state index in [2.05, 4.69) is 0 Å². The van der Waals surface area contributed by atoms with Crippen LogP contribution in [0.2, 0.25) is 0 Å². The molecule has 0 radical (unpaired) electrons. The van der Waals surface area contributed by atoms with E-state index in [1.165, 1.54) is 0 Å². The van der Waals surface area contributed by atoms with E-state index in [1.54, 1.807) is 48.5 Å². The highest BCUT2D eigenvalue weighted by molar-refractivity contribution is 6.49. The molecule has 2 fully saturated rings. The maximum Gasteiger partial charge on any atom is 0.233 e. The quantitative estimate of drug-likeness (QED) is 0.635. The lowest BCUT2D eigenvalue weighted by atomic mass is 10.0. The molecule has 6 nitrogen and oxygen atoms in total. The summed E-state index contributed by atoms with van der Waals surface area (Å²) >= 11 is 0. The van der Waals surface area contributed by atoms with Crippen molar-refractivity contribution in [3.8, 4) is 0 Å².